The number of anilines is 1. The molecule has 0 bridgehead atoms. The molecule has 0 saturated carbocycles. The number of imide groups is 1. The Morgan fingerprint density at radius 1 is 0.857 bits per heavy atom. The lowest BCUT2D eigenvalue weighted by Gasteiger charge is -2.12. The van der Waals surface area contributed by atoms with Crippen molar-refractivity contribution in [2.75, 3.05) is 4.90 Å². The summed E-state index contributed by atoms with van der Waals surface area (Å²) in [6, 6.07) is 3.34. The summed E-state index contributed by atoms with van der Waals surface area (Å²) in [7, 11) is 0. The zero-order chi connectivity index (χ0) is 15.3. The number of nitrogens with zero attached hydrogens (tertiary/aromatic N) is 2. The van der Waals surface area contributed by atoms with Gasteiger partial charge in [-0.1, -0.05) is 0 Å². The molecule has 1 aromatic carbocycles. The van der Waals surface area contributed by atoms with Crippen molar-refractivity contribution in [1.82, 2.24) is 4.98 Å². The molecular formula is C13H4Br4N2O2. The van der Waals surface area contributed by atoms with E-state index in [2.05, 4.69) is 68.7 Å². The number of fused-ring (bicyclic) bond motifs is 1. The van der Waals surface area contributed by atoms with Gasteiger partial charge in [-0.3, -0.25) is 14.6 Å². The van der Waals surface area contributed by atoms with E-state index < -0.39 is 0 Å². The van der Waals surface area contributed by atoms with Gasteiger partial charge in [0.05, 0.1) is 23.0 Å². The number of halogens is 4. The smallest absolute Gasteiger partial charge is 0.267 e. The second-order valence-corrected chi connectivity index (χ2v) is 7.33. The molecule has 2 heterocycles. The number of carbonyl (C=O) groups is 2. The third-order valence-corrected chi connectivity index (χ3v) is 7.77. The van der Waals surface area contributed by atoms with E-state index >= 15 is 0 Å². The van der Waals surface area contributed by atoms with Crippen molar-refractivity contribution in [3.63, 3.8) is 0 Å². The molecule has 0 saturated heterocycles. The monoisotopic (exact) mass is 536 g/mol. The summed E-state index contributed by atoms with van der Waals surface area (Å²) in [4.78, 5) is 30.3. The molecule has 2 aromatic rings. The maximum atomic E-state index is 12.6. The summed E-state index contributed by atoms with van der Waals surface area (Å²) in [5, 5.41) is 0. The zero-order valence-electron chi connectivity index (χ0n) is 10.0. The summed E-state index contributed by atoms with van der Waals surface area (Å²) in [5.41, 5.74) is 1.09. The van der Waals surface area contributed by atoms with E-state index in [0.29, 0.717) is 34.7 Å². The van der Waals surface area contributed by atoms with Gasteiger partial charge >= 0.3 is 0 Å². The molecule has 0 N–H and O–H groups in total. The number of rotatable bonds is 1. The number of carbonyl (C=O) groups excluding carboxylic acids is 2. The molecule has 2 amide bonds. The highest BCUT2D eigenvalue weighted by atomic mass is 79.9. The highest BCUT2D eigenvalue weighted by molar-refractivity contribution is 9.15. The van der Waals surface area contributed by atoms with Gasteiger partial charge in [-0.05, 0) is 75.9 Å². The van der Waals surface area contributed by atoms with Gasteiger partial charge in [-0.25, -0.2) is 4.90 Å². The Labute approximate surface area is 153 Å². The van der Waals surface area contributed by atoms with E-state index in [0.717, 1.165) is 4.90 Å². The average molecular weight is 540 g/mol. The van der Waals surface area contributed by atoms with Gasteiger partial charge in [-0.15, -0.1) is 0 Å². The van der Waals surface area contributed by atoms with Crippen LogP contribution in [0.2, 0.25) is 0 Å². The second kappa shape index (κ2) is 5.57. The Morgan fingerprint density at radius 3 is 1.81 bits per heavy atom. The third kappa shape index (κ3) is 2.23. The lowest BCUT2D eigenvalue weighted by molar-refractivity contribution is 0.0925. The lowest BCUT2D eigenvalue weighted by Crippen LogP contribution is -2.29. The standard InChI is InChI=1S/C13H4Br4N2O2/c14-8-6-7(9(15)11(17)10(8)16)13(21)19(12(6)20)5-2-1-3-18-4-5/h1-4H. The molecule has 3 rings (SSSR count). The average Bonchev–Trinajstić information content (AvgIpc) is 2.75. The molecule has 0 aliphatic carbocycles. The Morgan fingerprint density at radius 2 is 1.38 bits per heavy atom. The van der Waals surface area contributed by atoms with Gasteiger partial charge in [0.1, 0.15) is 0 Å². The Kier molecular flexibility index (Phi) is 4.06. The van der Waals surface area contributed by atoms with Crippen LogP contribution in [0.15, 0.2) is 42.4 Å². The topological polar surface area (TPSA) is 50.3 Å². The third-order valence-electron chi connectivity index (χ3n) is 3.01. The maximum Gasteiger partial charge on any atom is 0.267 e. The molecule has 0 unspecified atom stereocenters. The van der Waals surface area contributed by atoms with Gasteiger partial charge in [0, 0.05) is 24.1 Å². The molecule has 4 nitrogen and oxygen atoms in total. The Hall–Kier alpha value is -0.570. The highest BCUT2D eigenvalue weighted by Gasteiger charge is 2.41. The second-order valence-electron chi connectivity index (χ2n) is 4.16. The van der Waals surface area contributed by atoms with Crippen LogP contribution in [0.4, 0.5) is 5.69 Å². The number of hydrogen-bond donors (Lipinski definition) is 0. The van der Waals surface area contributed by atoms with Gasteiger partial charge < -0.3 is 0 Å². The van der Waals surface area contributed by atoms with Crippen molar-refractivity contribution in [2.24, 2.45) is 0 Å². The quantitative estimate of drug-likeness (QED) is 0.293. The van der Waals surface area contributed by atoms with Crippen LogP contribution in [-0.2, 0) is 0 Å². The highest BCUT2D eigenvalue weighted by Crippen LogP contribution is 2.45. The van der Waals surface area contributed by atoms with Crippen LogP contribution in [0.3, 0.4) is 0 Å². The van der Waals surface area contributed by atoms with E-state index in [4.69, 9.17) is 0 Å². The normalized spacial score (nSPS) is 13.8. The maximum absolute atomic E-state index is 12.6. The molecular weight excluding hydrogens is 536 g/mol. The predicted octanol–water partition coefficient (Wildman–Crippen LogP) is 4.93. The van der Waals surface area contributed by atoms with E-state index in [1.165, 1.54) is 6.20 Å². The zero-order valence-corrected chi connectivity index (χ0v) is 16.4. The van der Waals surface area contributed by atoms with Crippen LogP contribution in [0, 0.1) is 0 Å². The van der Waals surface area contributed by atoms with Crippen LogP contribution in [0.1, 0.15) is 20.7 Å². The summed E-state index contributed by atoms with van der Waals surface area (Å²) >= 11 is 13.5. The molecule has 0 atom stereocenters. The van der Waals surface area contributed by atoms with Crippen molar-refractivity contribution in [1.29, 1.82) is 0 Å². The van der Waals surface area contributed by atoms with Crippen molar-refractivity contribution in [3.8, 4) is 0 Å². The Bertz CT molecular complexity index is 746. The first-order valence-electron chi connectivity index (χ1n) is 5.60. The SMILES string of the molecule is O=C1c2c(Br)c(Br)c(Br)c(Br)c2C(=O)N1c1cccnc1. The first-order chi connectivity index (χ1) is 9.95. The molecule has 1 aromatic heterocycles. The largest absolute Gasteiger partial charge is 0.268 e. The molecule has 106 valence electrons. The van der Waals surface area contributed by atoms with Gasteiger partial charge in [-0.2, -0.15) is 0 Å². The van der Waals surface area contributed by atoms with Crippen LogP contribution >= 0.6 is 63.7 Å². The first-order valence-corrected chi connectivity index (χ1v) is 8.77. The molecule has 8 heteroatoms. The molecule has 0 spiro atoms. The van der Waals surface area contributed by atoms with E-state index in [1.54, 1.807) is 18.3 Å². The first kappa shape index (κ1) is 15.3. The molecule has 1 aliphatic rings. The number of aromatic nitrogens is 1. The van der Waals surface area contributed by atoms with Gasteiger partial charge in [0.15, 0.2) is 0 Å². The fourth-order valence-electron chi connectivity index (χ4n) is 2.07. The number of benzene rings is 1. The van der Waals surface area contributed by atoms with E-state index in [-0.39, 0.29) is 11.8 Å². The predicted molar refractivity (Wildman–Crippen MR) is 92.6 cm³/mol. The van der Waals surface area contributed by atoms with Crippen LogP contribution in [-0.4, -0.2) is 16.8 Å². The van der Waals surface area contributed by atoms with Crippen LogP contribution in [0.5, 0.6) is 0 Å². The number of pyridine rings is 1. The van der Waals surface area contributed by atoms with Crippen molar-refractivity contribution in [3.05, 3.63) is 53.5 Å². The lowest BCUT2D eigenvalue weighted by atomic mass is 10.1. The summed E-state index contributed by atoms with van der Waals surface area (Å²) in [6.45, 7) is 0. The van der Waals surface area contributed by atoms with E-state index in [1.807, 2.05) is 0 Å². The van der Waals surface area contributed by atoms with Crippen molar-refractivity contribution < 1.29 is 9.59 Å². The van der Waals surface area contributed by atoms with Crippen molar-refractivity contribution >= 4 is 81.2 Å². The summed E-state index contributed by atoms with van der Waals surface area (Å²) in [5.74, 6) is -0.771. The number of hydrogen-bond acceptors (Lipinski definition) is 3. The number of amides is 2. The fourth-order valence-corrected chi connectivity index (χ4v) is 4.53. The van der Waals surface area contributed by atoms with Gasteiger partial charge in [0.2, 0.25) is 0 Å². The molecule has 0 radical (unpaired) electrons. The molecule has 1 aliphatic heterocycles. The minimum Gasteiger partial charge on any atom is -0.268 e. The van der Waals surface area contributed by atoms with Crippen LogP contribution in [0.25, 0.3) is 0 Å². The Balaban J connectivity index is 2.27. The van der Waals surface area contributed by atoms with Gasteiger partial charge in [0.25, 0.3) is 11.8 Å². The summed E-state index contributed by atoms with van der Waals surface area (Å²) < 4.78 is 2.42. The minimum absolute atomic E-state index is 0.325. The summed E-state index contributed by atoms with van der Waals surface area (Å²) in [6.07, 6.45) is 3.06. The molecule has 21 heavy (non-hydrogen) atoms. The minimum atomic E-state index is -0.385. The van der Waals surface area contributed by atoms with Crippen LogP contribution < -0.4 is 4.90 Å². The molecule has 0 fully saturated rings. The fraction of sp³-hybridized carbons (Fsp3) is 0. The van der Waals surface area contributed by atoms with Crippen molar-refractivity contribution in [2.45, 2.75) is 0 Å². The van der Waals surface area contributed by atoms with E-state index in [9.17, 15) is 9.59 Å².